The molecule has 0 saturated carbocycles. The van der Waals surface area contributed by atoms with Gasteiger partial charge in [-0.25, -0.2) is 0 Å². The lowest BCUT2D eigenvalue weighted by molar-refractivity contribution is -0.384. The lowest BCUT2D eigenvalue weighted by Gasteiger charge is -2.12. The van der Waals surface area contributed by atoms with Crippen LogP contribution >= 0.6 is 0 Å². The predicted molar refractivity (Wildman–Crippen MR) is 92.7 cm³/mol. The Hall–Kier alpha value is -3.34. The highest BCUT2D eigenvalue weighted by Gasteiger charge is 2.15. The minimum atomic E-state index is -0.429. The molecule has 3 rings (SSSR count). The van der Waals surface area contributed by atoms with Crippen LogP contribution in [0.2, 0.25) is 0 Å². The molecule has 0 N–H and O–H groups in total. The smallest absolute Gasteiger partial charge is 0.270 e. The van der Waals surface area contributed by atoms with Crippen LogP contribution in [0.3, 0.4) is 0 Å². The molecule has 0 atom stereocenters. The fraction of sp³-hybridized carbons (Fsp3) is 0.0526. The number of rotatable bonds is 5. The number of carbonyl (C=O) groups excluding carboxylic acids is 1. The van der Waals surface area contributed by atoms with Crippen molar-refractivity contribution < 1.29 is 9.72 Å². The Morgan fingerprint density at radius 3 is 2.75 bits per heavy atom. The third-order valence-electron chi connectivity index (χ3n) is 3.79. The molecule has 0 aliphatic carbocycles. The second kappa shape index (κ2) is 6.42. The van der Waals surface area contributed by atoms with Crippen molar-refractivity contribution in [1.29, 1.82) is 0 Å². The number of ketones is 1. The second-order valence-electron chi connectivity index (χ2n) is 5.33. The zero-order valence-electron chi connectivity index (χ0n) is 12.8. The Labute approximate surface area is 138 Å². The molecule has 0 fully saturated rings. The van der Waals surface area contributed by atoms with Crippen molar-refractivity contribution in [2.75, 3.05) is 0 Å². The van der Waals surface area contributed by atoms with Crippen LogP contribution in [0.25, 0.3) is 22.0 Å². The molecule has 0 spiro atoms. The van der Waals surface area contributed by atoms with E-state index in [1.807, 2.05) is 24.3 Å². The average Bonchev–Trinajstić information content (AvgIpc) is 2.61. The van der Waals surface area contributed by atoms with E-state index in [1.165, 1.54) is 18.2 Å². The average molecular weight is 318 g/mol. The number of nitro benzene ring substituents is 1. The molecular weight excluding hydrogens is 304 g/mol. The van der Waals surface area contributed by atoms with E-state index < -0.39 is 4.92 Å². The first-order valence-electron chi connectivity index (χ1n) is 7.37. The number of nitrogens with zero attached hydrogens (tertiary/aromatic N) is 2. The molecule has 118 valence electrons. The number of hydrogen-bond donors (Lipinski definition) is 0. The fourth-order valence-corrected chi connectivity index (χ4v) is 2.69. The number of pyridine rings is 1. The van der Waals surface area contributed by atoms with Crippen LogP contribution in [-0.4, -0.2) is 15.7 Å². The Morgan fingerprint density at radius 2 is 2.00 bits per heavy atom. The van der Waals surface area contributed by atoms with E-state index in [0.29, 0.717) is 5.56 Å². The molecule has 0 aliphatic heterocycles. The molecule has 1 aromatic heterocycles. The molecule has 0 saturated heterocycles. The maximum Gasteiger partial charge on any atom is 0.270 e. The van der Waals surface area contributed by atoms with Crippen molar-refractivity contribution in [1.82, 2.24) is 4.98 Å². The van der Waals surface area contributed by atoms with Crippen molar-refractivity contribution in [3.8, 4) is 11.1 Å². The number of benzene rings is 2. The number of aromatic nitrogens is 1. The highest BCUT2D eigenvalue weighted by molar-refractivity contribution is 5.99. The number of non-ortho nitro benzene ring substituents is 1. The molecule has 5 heteroatoms. The van der Waals surface area contributed by atoms with Crippen molar-refractivity contribution in [2.24, 2.45) is 0 Å². The van der Waals surface area contributed by atoms with Gasteiger partial charge in [-0.3, -0.25) is 19.9 Å². The normalized spacial score (nSPS) is 10.5. The van der Waals surface area contributed by atoms with Gasteiger partial charge in [0, 0.05) is 30.1 Å². The molecule has 5 nitrogen and oxygen atoms in total. The SMILES string of the molecule is C=CC(=O)Cc1cnc2ccccc2c1-c1cccc([N+](=O)[O-])c1. The van der Waals surface area contributed by atoms with Gasteiger partial charge in [0.15, 0.2) is 5.78 Å². The summed E-state index contributed by atoms with van der Waals surface area (Å²) in [6.45, 7) is 3.50. The van der Waals surface area contributed by atoms with Crippen molar-refractivity contribution in [3.05, 3.63) is 83.1 Å². The van der Waals surface area contributed by atoms with Gasteiger partial charge in [0.05, 0.1) is 10.4 Å². The number of allylic oxidation sites excluding steroid dienone is 1. The van der Waals surface area contributed by atoms with Gasteiger partial charge >= 0.3 is 0 Å². The summed E-state index contributed by atoms with van der Waals surface area (Å²) in [7, 11) is 0. The molecular formula is C19H14N2O3. The van der Waals surface area contributed by atoms with Crippen LogP contribution in [-0.2, 0) is 11.2 Å². The van der Waals surface area contributed by atoms with Gasteiger partial charge < -0.3 is 0 Å². The first-order chi connectivity index (χ1) is 11.6. The second-order valence-corrected chi connectivity index (χ2v) is 5.33. The van der Waals surface area contributed by atoms with Crippen LogP contribution in [0.5, 0.6) is 0 Å². The standard InChI is InChI=1S/C19H14N2O3/c1-2-16(22)11-14-12-20-18-9-4-3-8-17(18)19(14)13-6-5-7-15(10-13)21(23)24/h2-10,12H,1,11H2. The van der Waals surface area contributed by atoms with Crippen LogP contribution in [0.1, 0.15) is 5.56 Å². The molecule has 0 bridgehead atoms. The zero-order valence-corrected chi connectivity index (χ0v) is 12.8. The number of carbonyl (C=O) groups is 1. The number of fused-ring (bicyclic) bond motifs is 1. The minimum Gasteiger partial charge on any atom is -0.295 e. The Morgan fingerprint density at radius 1 is 1.21 bits per heavy atom. The number of nitro groups is 1. The van der Waals surface area contributed by atoms with Crippen LogP contribution in [0.15, 0.2) is 67.4 Å². The van der Waals surface area contributed by atoms with Gasteiger partial charge in [0.1, 0.15) is 0 Å². The summed E-state index contributed by atoms with van der Waals surface area (Å²) >= 11 is 0. The monoisotopic (exact) mass is 318 g/mol. The summed E-state index contributed by atoms with van der Waals surface area (Å²) in [6, 6.07) is 13.9. The van der Waals surface area contributed by atoms with E-state index in [2.05, 4.69) is 11.6 Å². The molecule has 1 heterocycles. The van der Waals surface area contributed by atoms with Crippen LogP contribution < -0.4 is 0 Å². The molecule has 2 aromatic carbocycles. The molecule has 3 aromatic rings. The zero-order chi connectivity index (χ0) is 17.1. The Kier molecular flexibility index (Phi) is 4.16. The molecule has 0 aliphatic rings. The van der Waals surface area contributed by atoms with Gasteiger partial charge in [-0.1, -0.05) is 36.9 Å². The fourth-order valence-electron chi connectivity index (χ4n) is 2.69. The lowest BCUT2D eigenvalue weighted by Crippen LogP contribution is -2.02. The highest BCUT2D eigenvalue weighted by atomic mass is 16.6. The predicted octanol–water partition coefficient (Wildman–Crippen LogP) is 4.11. The topological polar surface area (TPSA) is 73.1 Å². The van der Waals surface area contributed by atoms with Crippen molar-refractivity contribution in [2.45, 2.75) is 6.42 Å². The maximum absolute atomic E-state index is 11.8. The van der Waals surface area contributed by atoms with Gasteiger partial charge in [0.25, 0.3) is 5.69 Å². The number of para-hydroxylation sites is 1. The lowest BCUT2D eigenvalue weighted by atomic mass is 9.93. The largest absolute Gasteiger partial charge is 0.295 e. The first-order valence-corrected chi connectivity index (χ1v) is 7.37. The van der Waals surface area contributed by atoms with E-state index in [0.717, 1.165) is 22.0 Å². The quantitative estimate of drug-likeness (QED) is 0.403. The first kappa shape index (κ1) is 15.6. The third-order valence-corrected chi connectivity index (χ3v) is 3.79. The number of hydrogen-bond acceptors (Lipinski definition) is 4. The highest BCUT2D eigenvalue weighted by Crippen LogP contribution is 2.33. The molecule has 24 heavy (non-hydrogen) atoms. The third kappa shape index (κ3) is 2.92. The van der Waals surface area contributed by atoms with E-state index in [1.54, 1.807) is 18.3 Å². The summed E-state index contributed by atoms with van der Waals surface area (Å²) in [5.41, 5.74) is 2.98. The summed E-state index contributed by atoms with van der Waals surface area (Å²) in [5.74, 6) is -0.126. The minimum absolute atomic E-state index is 0.00869. The van der Waals surface area contributed by atoms with Gasteiger partial charge in [-0.05, 0) is 28.8 Å². The van der Waals surface area contributed by atoms with E-state index >= 15 is 0 Å². The van der Waals surface area contributed by atoms with Crippen LogP contribution in [0, 0.1) is 10.1 Å². The summed E-state index contributed by atoms with van der Waals surface area (Å²) in [6.07, 6.45) is 3.07. The Bertz CT molecular complexity index is 964. The summed E-state index contributed by atoms with van der Waals surface area (Å²) < 4.78 is 0. The van der Waals surface area contributed by atoms with Gasteiger partial charge in [-0.2, -0.15) is 0 Å². The van der Waals surface area contributed by atoms with E-state index in [-0.39, 0.29) is 17.9 Å². The molecule has 0 amide bonds. The van der Waals surface area contributed by atoms with E-state index in [9.17, 15) is 14.9 Å². The summed E-state index contributed by atoms with van der Waals surface area (Å²) in [5, 5.41) is 11.9. The molecule has 0 unspecified atom stereocenters. The summed E-state index contributed by atoms with van der Waals surface area (Å²) in [4.78, 5) is 26.9. The van der Waals surface area contributed by atoms with Crippen molar-refractivity contribution >= 4 is 22.4 Å². The Balaban J connectivity index is 2.28. The van der Waals surface area contributed by atoms with Gasteiger partial charge in [0.2, 0.25) is 0 Å². The maximum atomic E-state index is 11.8. The van der Waals surface area contributed by atoms with E-state index in [4.69, 9.17) is 0 Å². The van der Waals surface area contributed by atoms with Crippen molar-refractivity contribution in [3.63, 3.8) is 0 Å². The van der Waals surface area contributed by atoms with Crippen LogP contribution in [0.4, 0.5) is 5.69 Å². The molecule has 0 radical (unpaired) electrons. The van der Waals surface area contributed by atoms with Gasteiger partial charge in [-0.15, -0.1) is 0 Å².